The maximum absolute atomic E-state index is 5.38. The first-order chi connectivity index (χ1) is 9.56. The highest BCUT2D eigenvalue weighted by molar-refractivity contribution is 7.99. The number of rotatable bonds is 10. The van der Waals surface area contributed by atoms with Crippen molar-refractivity contribution in [2.45, 2.75) is 70.9 Å². The average Bonchev–Trinajstić information content (AvgIpc) is 2.88. The van der Waals surface area contributed by atoms with Crippen molar-refractivity contribution >= 4 is 11.8 Å². The maximum Gasteiger partial charge on any atom is 0.228 e. The molecule has 0 aliphatic rings. The van der Waals surface area contributed by atoms with Gasteiger partial charge < -0.3 is 9.84 Å². The minimum absolute atomic E-state index is 0.408. The summed E-state index contributed by atoms with van der Waals surface area (Å²) in [5, 5.41) is 8.28. The van der Waals surface area contributed by atoms with Crippen LogP contribution in [-0.4, -0.2) is 28.0 Å². The van der Waals surface area contributed by atoms with Crippen LogP contribution in [0.2, 0.25) is 0 Å². The Morgan fingerprint density at radius 2 is 2.00 bits per heavy atom. The van der Waals surface area contributed by atoms with Gasteiger partial charge in [-0.05, 0) is 25.3 Å². The minimum atomic E-state index is 0.408. The molecule has 2 unspecified atom stereocenters. The van der Waals surface area contributed by atoms with Crippen LogP contribution in [0.1, 0.15) is 59.2 Å². The summed E-state index contributed by atoms with van der Waals surface area (Å²) < 4.78 is 5.38. The molecule has 0 aromatic carbocycles. The van der Waals surface area contributed by atoms with Gasteiger partial charge in [0.25, 0.3) is 0 Å². The molecule has 20 heavy (non-hydrogen) atoms. The van der Waals surface area contributed by atoms with E-state index in [2.05, 4.69) is 50.1 Å². The summed E-state index contributed by atoms with van der Waals surface area (Å²) >= 11 is 1.88. The van der Waals surface area contributed by atoms with Crippen molar-refractivity contribution < 1.29 is 4.52 Å². The first-order valence-corrected chi connectivity index (χ1v) is 8.78. The number of aromatic nitrogens is 2. The van der Waals surface area contributed by atoms with Gasteiger partial charge in [0.15, 0.2) is 5.82 Å². The molecule has 0 saturated heterocycles. The van der Waals surface area contributed by atoms with E-state index in [0.717, 1.165) is 36.9 Å². The quantitative estimate of drug-likeness (QED) is 0.714. The van der Waals surface area contributed by atoms with E-state index < -0.39 is 0 Å². The smallest absolute Gasteiger partial charge is 0.228 e. The third-order valence-corrected chi connectivity index (χ3v) is 4.77. The molecule has 5 heteroatoms. The summed E-state index contributed by atoms with van der Waals surface area (Å²) in [6, 6.07) is 0.408. The Labute approximate surface area is 127 Å². The van der Waals surface area contributed by atoms with Crippen LogP contribution in [-0.2, 0) is 12.2 Å². The molecular formula is C15H29N3OS. The molecule has 0 spiro atoms. The van der Waals surface area contributed by atoms with E-state index in [1.54, 1.807) is 0 Å². The normalized spacial score (nSPS) is 14.7. The molecule has 1 aromatic rings. The van der Waals surface area contributed by atoms with Gasteiger partial charge >= 0.3 is 0 Å². The van der Waals surface area contributed by atoms with E-state index >= 15 is 0 Å². The lowest BCUT2D eigenvalue weighted by Gasteiger charge is -2.20. The maximum atomic E-state index is 5.38. The summed E-state index contributed by atoms with van der Waals surface area (Å²) in [4.78, 5) is 4.51. The molecule has 1 heterocycles. The molecule has 4 nitrogen and oxygen atoms in total. The zero-order valence-corrected chi connectivity index (χ0v) is 14.3. The van der Waals surface area contributed by atoms with Gasteiger partial charge in [-0.1, -0.05) is 39.8 Å². The second kappa shape index (κ2) is 9.40. The lowest BCUT2D eigenvalue weighted by molar-refractivity contribution is 0.325. The number of hydrogen-bond donors (Lipinski definition) is 1. The van der Waals surface area contributed by atoms with Crippen LogP contribution in [0.5, 0.6) is 0 Å². The van der Waals surface area contributed by atoms with Gasteiger partial charge in [-0.25, -0.2) is 0 Å². The van der Waals surface area contributed by atoms with E-state index in [0.29, 0.717) is 17.2 Å². The van der Waals surface area contributed by atoms with Crippen LogP contribution in [0.3, 0.4) is 0 Å². The highest BCUT2D eigenvalue weighted by Gasteiger charge is 2.17. The van der Waals surface area contributed by atoms with Gasteiger partial charge in [-0.2, -0.15) is 16.7 Å². The third-order valence-electron chi connectivity index (χ3n) is 3.44. The molecule has 0 radical (unpaired) electrons. The molecule has 0 saturated carbocycles. The molecule has 1 aromatic heterocycles. The van der Waals surface area contributed by atoms with Crippen molar-refractivity contribution in [3.05, 3.63) is 11.7 Å². The van der Waals surface area contributed by atoms with Crippen molar-refractivity contribution in [1.29, 1.82) is 0 Å². The van der Waals surface area contributed by atoms with E-state index in [-0.39, 0.29) is 0 Å². The van der Waals surface area contributed by atoms with Crippen molar-refractivity contribution in [2.75, 3.05) is 6.54 Å². The Hall–Kier alpha value is -0.550. The van der Waals surface area contributed by atoms with Crippen molar-refractivity contribution in [2.24, 2.45) is 5.92 Å². The monoisotopic (exact) mass is 299 g/mol. The molecule has 0 amide bonds. The first-order valence-electron chi connectivity index (χ1n) is 7.73. The fourth-order valence-electron chi connectivity index (χ4n) is 1.83. The van der Waals surface area contributed by atoms with Crippen molar-refractivity contribution in [3.63, 3.8) is 0 Å². The van der Waals surface area contributed by atoms with Crippen LogP contribution in [0.25, 0.3) is 0 Å². The predicted octanol–water partition coefficient (Wildman–Crippen LogP) is 3.67. The van der Waals surface area contributed by atoms with Crippen LogP contribution < -0.4 is 5.32 Å². The number of nitrogens with one attached hydrogen (secondary N) is 1. The molecule has 2 atom stereocenters. The fourth-order valence-corrected chi connectivity index (χ4v) is 2.61. The molecule has 0 bridgehead atoms. The molecule has 0 aliphatic heterocycles. The second-order valence-electron chi connectivity index (χ2n) is 5.64. The number of hydrogen-bond acceptors (Lipinski definition) is 5. The van der Waals surface area contributed by atoms with Gasteiger partial charge in [-0.15, -0.1) is 0 Å². The van der Waals surface area contributed by atoms with Crippen LogP contribution >= 0.6 is 11.8 Å². The molecule has 1 N–H and O–H groups in total. The Balaban J connectivity index is 2.48. The highest BCUT2D eigenvalue weighted by Crippen LogP contribution is 2.18. The molecule has 116 valence electrons. The van der Waals surface area contributed by atoms with Crippen molar-refractivity contribution in [1.82, 2.24) is 15.5 Å². The van der Waals surface area contributed by atoms with Gasteiger partial charge in [0, 0.05) is 17.7 Å². The summed E-state index contributed by atoms with van der Waals surface area (Å²) in [7, 11) is 0. The Morgan fingerprint density at radius 1 is 1.25 bits per heavy atom. The van der Waals surface area contributed by atoms with Gasteiger partial charge in [0.2, 0.25) is 5.89 Å². The Morgan fingerprint density at radius 3 is 2.60 bits per heavy atom. The fraction of sp³-hybridized carbons (Fsp3) is 0.867. The Bertz CT molecular complexity index is 368. The lowest BCUT2D eigenvalue weighted by Crippen LogP contribution is -2.36. The standard InChI is InChI=1S/C15H29N3OS/c1-6-8-16-13(11(3)4)9-15-17-14(18-19-15)10-20-12(5)7-2/h11-13,16H,6-10H2,1-5H3. The van der Waals surface area contributed by atoms with Crippen LogP contribution in [0.4, 0.5) is 0 Å². The number of thioether (sulfide) groups is 1. The predicted molar refractivity (Wildman–Crippen MR) is 86.0 cm³/mol. The van der Waals surface area contributed by atoms with Crippen LogP contribution in [0, 0.1) is 5.92 Å². The summed E-state index contributed by atoms with van der Waals surface area (Å²) in [6.07, 6.45) is 3.13. The summed E-state index contributed by atoms with van der Waals surface area (Å²) in [5.41, 5.74) is 0. The summed E-state index contributed by atoms with van der Waals surface area (Å²) in [6.45, 7) is 12.1. The van der Waals surface area contributed by atoms with Gasteiger partial charge in [0.1, 0.15) is 0 Å². The Kier molecular flexibility index (Phi) is 8.22. The largest absolute Gasteiger partial charge is 0.339 e. The highest BCUT2D eigenvalue weighted by atomic mass is 32.2. The zero-order valence-electron chi connectivity index (χ0n) is 13.5. The lowest BCUT2D eigenvalue weighted by atomic mass is 10.0. The van der Waals surface area contributed by atoms with E-state index in [1.165, 1.54) is 6.42 Å². The molecule has 1 rings (SSSR count). The third kappa shape index (κ3) is 6.27. The summed E-state index contributed by atoms with van der Waals surface area (Å²) in [5.74, 6) is 2.98. The topological polar surface area (TPSA) is 51.0 Å². The average molecular weight is 299 g/mol. The van der Waals surface area contributed by atoms with E-state index in [4.69, 9.17) is 4.52 Å². The van der Waals surface area contributed by atoms with Crippen LogP contribution in [0.15, 0.2) is 4.52 Å². The van der Waals surface area contributed by atoms with Gasteiger partial charge in [0.05, 0.1) is 5.75 Å². The first kappa shape index (κ1) is 17.5. The number of nitrogens with zero attached hydrogens (tertiary/aromatic N) is 2. The zero-order chi connectivity index (χ0) is 15.0. The van der Waals surface area contributed by atoms with Gasteiger partial charge in [-0.3, -0.25) is 0 Å². The minimum Gasteiger partial charge on any atom is -0.339 e. The SMILES string of the molecule is CCCNC(Cc1nc(CSC(C)CC)no1)C(C)C. The molecule has 0 aliphatic carbocycles. The van der Waals surface area contributed by atoms with E-state index in [9.17, 15) is 0 Å². The molecular weight excluding hydrogens is 270 g/mol. The second-order valence-corrected chi connectivity index (χ2v) is 7.07. The van der Waals surface area contributed by atoms with E-state index in [1.807, 2.05) is 11.8 Å². The molecule has 0 fully saturated rings. The van der Waals surface area contributed by atoms with Crippen molar-refractivity contribution in [3.8, 4) is 0 Å².